The van der Waals surface area contributed by atoms with Gasteiger partial charge in [-0.05, 0) is 42.6 Å². The van der Waals surface area contributed by atoms with Gasteiger partial charge in [0.15, 0.2) is 0 Å². The van der Waals surface area contributed by atoms with Crippen LogP contribution in [0.3, 0.4) is 0 Å². The molecule has 0 aromatic heterocycles. The summed E-state index contributed by atoms with van der Waals surface area (Å²) in [5.41, 5.74) is 7.35. The van der Waals surface area contributed by atoms with Gasteiger partial charge in [-0.1, -0.05) is 26.8 Å². The molecule has 0 aliphatic carbocycles. The van der Waals surface area contributed by atoms with Crippen molar-refractivity contribution in [2.45, 2.75) is 46.2 Å². The van der Waals surface area contributed by atoms with E-state index in [4.69, 9.17) is 5.73 Å². The number of amides is 4. The molecule has 1 saturated heterocycles. The number of nitrogens with two attached hydrogens (primary N) is 1. The smallest absolute Gasteiger partial charge is 0.262 e. The lowest BCUT2D eigenvalue weighted by Crippen LogP contribution is -2.54. The van der Waals surface area contributed by atoms with E-state index in [9.17, 15) is 19.2 Å². The van der Waals surface area contributed by atoms with Crippen molar-refractivity contribution >= 4 is 23.6 Å². The van der Waals surface area contributed by atoms with E-state index in [1.807, 2.05) is 6.07 Å². The third kappa shape index (κ3) is 4.23. The first kappa shape index (κ1) is 21.1. The number of hydrogen-bond donors (Lipinski definition) is 2. The summed E-state index contributed by atoms with van der Waals surface area (Å²) in [4.78, 5) is 52.5. The van der Waals surface area contributed by atoms with Gasteiger partial charge in [0.25, 0.3) is 11.8 Å². The molecule has 0 radical (unpaired) electrons. The Hall–Kier alpha value is -2.58. The summed E-state index contributed by atoms with van der Waals surface area (Å²) < 4.78 is 0. The molecular weight excluding hydrogens is 372 g/mol. The van der Waals surface area contributed by atoms with Crippen molar-refractivity contribution in [1.29, 1.82) is 0 Å². The number of nitrogens with one attached hydrogen (secondary N) is 1. The summed E-state index contributed by atoms with van der Waals surface area (Å²) in [7, 11) is 0. The molecule has 8 heteroatoms. The van der Waals surface area contributed by atoms with Gasteiger partial charge in [-0.2, -0.15) is 0 Å². The number of benzene rings is 1. The largest absolute Gasteiger partial charge is 0.330 e. The maximum Gasteiger partial charge on any atom is 0.262 e. The molecule has 0 spiro atoms. The summed E-state index contributed by atoms with van der Waals surface area (Å²) in [6.45, 7) is 9.13. The van der Waals surface area contributed by atoms with Crippen LogP contribution in [-0.2, 0) is 16.1 Å². The van der Waals surface area contributed by atoms with Crippen LogP contribution >= 0.6 is 0 Å². The molecule has 1 aromatic carbocycles. The zero-order chi connectivity index (χ0) is 21.3. The van der Waals surface area contributed by atoms with Crippen molar-refractivity contribution in [3.63, 3.8) is 0 Å². The van der Waals surface area contributed by atoms with Crippen molar-refractivity contribution in [2.75, 3.05) is 19.6 Å². The SMILES string of the molecule is CCN(Cc1ccc2c(c1)C(=O)N(C1CCC(=O)NC1=O)C2=O)CC(C)(C)CN. The zero-order valence-electron chi connectivity index (χ0n) is 17.2. The molecule has 2 aliphatic rings. The van der Waals surface area contributed by atoms with Gasteiger partial charge in [-0.3, -0.25) is 34.3 Å². The Morgan fingerprint density at radius 2 is 1.86 bits per heavy atom. The van der Waals surface area contributed by atoms with Crippen molar-refractivity contribution in [3.05, 3.63) is 34.9 Å². The summed E-state index contributed by atoms with van der Waals surface area (Å²) in [5, 5.41) is 2.21. The predicted octanol–water partition coefficient (Wildman–Crippen LogP) is 0.895. The molecule has 0 saturated carbocycles. The molecule has 1 atom stereocenters. The summed E-state index contributed by atoms with van der Waals surface area (Å²) in [6.07, 6.45) is 0.262. The topological polar surface area (TPSA) is 113 Å². The maximum atomic E-state index is 12.9. The second kappa shape index (κ2) is 8.04. The molecule has 3 N–H and O–H groups in total. The Morgan fingerprint density at radius 3 is 2.48 bits per heavy atom. The highest BCUT2D eigenvalue weighted by atomic mass is 16.2. The number of carbonyl (C=O) groups is 4. The van der Waals surface area contributed by atoms with Crippen molar-refractivity contribution in [3.8, 4) is 0 Å². The Labute approximate surface area is 170 Å². The van der Waals surface area contributed by atoms with Gasteiger partial charge in [-0.25, -0.2) is 0 Å². The second-order valence-corrected chi connectivity index (χ2v) is 8.50. The van der Waals surface area contributed by atoms with E-state index in [1.54, 1.807) is 12.1 Å². The third-order valence-corrected chi connectivity index (χ3v) is 5.56. The molecule has 156 valence electrons. The number of carbonyl (C=O) groups excluding carboxylic acids is 4. The van der Waals surface area contributed by atoms with Gasteiger partial charge < -0.3 is 5.73 Å². The lowest BCUT2D eigenvalue weighted by molar-refractivity contribution is -0.136. The number of hydrogen-bond acceptors (Lipinski definition) is 6. The van der Waals surface area contributed by atoms with Gasteiger partial charge in [0.05, 0.1) is 11.1 Å². The summed E-state index contributed by atoms with van der Waals surface area (Å²) in [5.74, 6) is -1.95. The van der Waals surface area contributed by atoms with E-state index < -0.39 is 23.8 Å². The van der Waals surface area contributed by atoms with E-state index in [1.165, 1.54) is 0 Å². The van der Waals surface area contributed by atoms with Crippen LogP contribution in [0.15, 0.2) is 18.2 Å². The van der Waals surface area contributed by atoms with Crippen LogP contribution in [0.5, 0.6) is 0 Å². The fourth-order valence-corrected chi connectivity index (χ4v) is 3.82. The molecule has 2 aliphatic heterocycles. The van der Waals surface area contributed by atoms with E-state index >= 15 is 0 Å². The maximum absolute atomic E-state index is 12.9. The molecule has 3 rings (SSSR count). The lowest BCUT2D eigenvalue weighted by atomic mass is 9.93. The zero-order valence-corrected chi connectivity index (χ0v) is 17.2. The summed E-state index contributed by atoms with van der Waals surface area (Å²) >= 11 is 0. The van der Waals surface area contributed by atoms with Crippen LogP contribution in [-0.4, -0.2) is 59.1 Å². The Kier molecular flexibility index (Phi) is 5.86. The number of fused-ring (bicyclic) bond motifs is 1. The van der Waals surface area contributed by atoms with E-state index in [0.29, 0.717) is 24.2 Å². The van der Waals surface area contributed by atoms with Gasteiger partial charge in [0.1, 0.15) is 6.04 Å². The number of nitrogens with zero attached hydrogens (tertiary/aromatic N) is 2. The molecule has 1 unspecified atom stereocenters. The highest BCUT2D eigenvalue weighted by Gasteiger charge is 2.44. The number of piperidine rings is 1. The van der Waals surface area contributed by atoms with Gasteiger partial charge in [0.2, 0.25) is 11.8 Å². The highest BCUT2D eigenvalue weighted by Crippen LogP contribution is 2.29. The molecular formula is C21H28N4O4. The molecule has 2 heterocycles. The quantitative estimate of drug-likeness (QED) is 0.658. The van der Waals surface area contributed by atoms with Gasteiger partial charge in [-0.15, -0.1) is 0 Å². The van der Waals surface area contributed by atoms with Crippen LogP contribution < -0.4 is 11.1 Å². The first-order valence-corrected chi connectivity index (χ1v) is 9.94. The number of imide groups is 2. The average Bonchev–Trinajstić information content (AvgIpc) is 2.92. The highest BCUT2D eigenvalue weighted by molar-refractivity contribution is 6.23. The fourth-order valence-electron chi connectivity index (χ4n) is 3.82. The van der Waals surface area contributed by atoms with Crippen LogP contribution in [0.1, 0.15) is 59.9 Å². The standard InChI is InChI=1S/C21H28N4O4/c1-4-24(12-21(2,3)11-22)10-13-5-6-14-15(9-13)20(29)25(19(14)28)16-7-8-17(26)23-18(16)27/h5-6,9,16H,4,7-8,10-12,22H2,1-3H3,(H,23,26,27). The van der Waals surface area contributed by atoms with Crippen molar-refractivity contribution in [1.82, 2.24) is 15.1 Å². The number of rotatable bonds is 7. The minimum absolute atomic E-state index is 0.0267. The Morgan fingerprint density at radius 1 is 1.17 bits per heavy atom. The first-order valence-electron chi connectivity index (χ1n) is 9.94. The molecule has 4 amide bonds. The molecule has 8 nitrogen and oxygen atoms in total. The van der Waals surface area contributed by atoms with E-state index in [-0.39, 0.29) is 24.2 Å². The average molecular weight is 400 g/mol. The van der Waals surface area contributed by atoms with E-state index in [2.05, 4.69) is 31.0 Å². The molecule has 0 bridgehead atoms. The van der Waals surface area contributed by atoms with Gasteiger partial charge in [0, 0.05) is 19.5 Å². The van der Waals surface area contributed by atoms with Crippen LogP contribution in [0.25, 0.3) is 0 Å². The van der Waals surface area contributed by atoms with Crippen LogP contribution in [0.2, 0.25) is 0 Å². The second-order valence-electron chi connectivity index (χ2n) is 8.50. The minimum Gasteiger partial charge on any atom is -0.330 e. The molecule has 1 fully saturated rings. The molecule has 29 heavy (non-hydrogen) atoms. The Bertz CT molecular complexity index is 864. The normalized spacial score (nSPS) is 19.8. The Balaban J connectivity index is 1.80. The summed E-state index contributed by atoms with van der Waals surface area (Å²) in [6, 6.07) is 4.29. The third-order valence-electron chi connectivity index (χ3n) is 5.56. The van der Waals surface area contributed by atoms with Crippen molar-refractivity contribution in [2.24, 2.45) is 11.1 Å². The monoisotopic (exact) mass is 400 g/mol. The lowest BCUT2D eigenvalue weighted by Gasteiger charge is -2.31. The van der Waals surface area contributed by atoms with Gasteiger partial charge >= 0.3 is 0 Å². The van der Waals surface area contributed by atoms with E-state index in [0.717, 1.165) is 23.6 Å². The minimum atomic E-state index is -0.943. The van der Waals surface area contributed by atoms with Crippen molar-refractivity contribution < 1.29 is 19.2 Å². The van der Waals surface area contributed by atoms with Crippen LogP contribution in [0.4, 0.5) is 0 Å². The first-order chi connectivity index (χ1) is 13.7. The molecule has 1 aromatic rings. The fraction of sp³-hybridized carbons (Fsp3) is 0.524. The van der Waals surface area contributed by atoms with Crippen LogP contribution in [0, 0.1) is 5.41 Å². The predicted molar refractivity (Wildman–Crippen MR) is 107 cm³/mol.